The Hall–Kier alpha value is -1.07. The van der Waals surface area contributed by atoms with E-state index in [1.54, 1.807) is 11.3 Å². The summed E-state index contributed by atoms with van der Waals surface area (Å²) in [6, 6.07) is 1.93. The molecule has 4 nitrogen and oxygen atoms in total. The predicted octanol–water partition coefficient (Wildman–Crippen LogP) is 3.03. The van der Waals surface area contributed by atoms with Gasteiger partial charge in [0.15, 0.2) is 0 Å². The molecule has 1 aromatic rings. The van der Waals surface area contributed by atoms with Gasteiger partial charge in [0.2, 0.25) is 0 Å². The number of hydrogen-bond donors (Lipinski definition) is 3. The van der Waals surface area contributed by atoms with Gasteiger partial charge in [0.25, 0.3) is 0 Å². The van der Waals surface area contributed by atoms with Gasteiger partial charge in [-0.1, -0.05) is 12.8 Å². The van der Waals surface area contributed by atoms with Gasteiger partial charge in [-0.2, -0.15) is 0 Å². The van der Waals surface area contributed by atoms with Crippen molar-refractivity contribution in [2.75, 3.05) is 6.61 Å². The van der Waals surface area contributed by atoms with E-state index in [-0.39, 0.29) is 18.7 Å². The normalized spacial score (nSPS) is 18.8. The molecule has 0 saturated heterocycles. The number of carbonyl (C=O) groups excluding carboxylic acids is 1. The van der Waals surface area contributed by atoms with Crippen LogP contribution in [0.2, 0.25) is 0 Å². The molecular formula is C15H24N2O2S. The monoisotopic (exact) mass is 296 g/mol. The van der Waals surface area contributed by atoms with Crippen LogP contribution in [0.5, 0.6) is 0 Å². The van der Waals surface area contributed by atoms with Gasteiger partial charge in [-0.15, -0.1) is 11.3 Å². The summed E-state index contributed by atoms with van der Waals surface area (Å²) in [6.45, 7) is 6.17. The maximum absolute atomic E-state index is 12.1. The number of carbonyl (C=O) groups is 1. The molecule has 1 aromatic heterocycles. The summed E-state index contributed by atoms with van der Waals surface area (Å²) in [4.78, 5) is 14.6. The highest BCUT2D eigenvalue weighted by Gasteiger charge is 2.34. The molecule has 20 heavy (non-hydrogen) atoms. The van der Waals surface area contributed by atoms with Gasteiger partial charge < -0.3 is 15.7 Å². The van der Waals surface area contributed by atoms with Crippen molar-refractivity contribution in [2.24, 2.45) is 0 Å². The Morgan fingerprint density at radius 2 is 2.10 bits per heavy atom. The molecule has 3 N–H and O–H groups in total. The summed E-state index contributed by atoms with van der Waals surface area (Å²) < 4.78 is 0. The van der Waals surface area contributed by atoms with Crippen LogP contribution in [-0.4, -0.2) is 23.3 Å². The third-order valence-electron chi connectivity index (χ3n) is 4.14. The van der Waals surface area contributed by atoms with Crippen LogP contribution < -0.4 is 10.6 Å². The van der Waals surface area contributed by atoms with Crippen molar-refractivity contribution in [3.8, 4) is 0 Å². The lowest BCUT2D eigenvalue weighted by Gasteiger charge is -2.29. The molecule has 2 rings (SSSR count). The number of nitrogens with one attached hydrogen (secondary N) is 2. The second kappa shape index (κ2) is 6.14. The Balaban J connectivity index is 1.95. The number of aryl methyl sites for hydroxylation is 2. The Kier molecular flexibility index (Phi) is 4.70. The summed E-state index contributed by atoms with van der Waals surface area (Å²) in [5.74, 6) is 0. The highest BCUT2D eigenvalue weighted by atomic mass is 32.1. The standard InChI is InChI=1S/C15H24N2O2S/c1-10-8-13(12(3)20-10)11(2)16-14(19)17-15(9-18)6-4-5-7-15/h8,11,18H,4-7,9H2,1-3H3,(H2,16,17,19). The fourth-order valence-electron chi connectivity index (χ4n) is 3.01. The minimum atomic E-state index is -0.413. The number of aliphatic hydroxyl groups excluding tert-OH is 1. The summed E-state index contributed by atoms with van der Waals surface area (Å²) in [6.07, 6.45) is 3.86. The van der Waals surface area contributed by atoms with Crippen molar-refractivity contribution in [3.05, 3.63) is 21.4 Å². The first-order valence-electron chi connectivity index (χ1n) is 7.22. The Labute approximate surface area is 124 Å². The zero-order chi connectivity index (χ0) is 14.8. The molecular weight excluding hydrogens is 272 g/mol. The third kappa shape index (κ3) is 3.33. The quantitative estimate of drug-likeness (QED) is 0.800. The number of thiophene rings is 1. The largest absolute Gasteiger partial charge is 0.394 e. The molecule has 0 aliphatic heterocycles. The zero-order valence-electron chi connectivity index (χ0n) is 12.5. The van der Waals surface area contributed by atoms with Crippen molar-refractivity contribution >= 4 is 17.4 Å². The summed E-state index contributed by atoms with van der Waals surface area (Å²) in [7, 11) is 0. The van der Waals surface area contributed by atoms with Gasteiger partial charge in [0.05, 0.1) is 18.2 Å². The van der Waals surface area contributed by atoms with Gasteiger partial charge in [-0.05, 0) is 45.2 Å². The molecule has 2 amide bonds. The molecule has 5 heteroatoms. The second-order valence-corrected chi connectivity index (χ2v) is 7.29. The van der Waals surface area contributed by atoms with Gasteiger partial charge >= 0.3 is 6.03 Å². The number of urea groups is 1. The van der Waals surface area contributed by atoms with Gasteiger partial charge in [0, 0.05) is 9.75 Å². The molecule has 0 radical (unpaired) electrons. The lowest BCUT2D eigenvalue weighted by atomic mass is 9.99. The maximum atomic E-state index is 12.1. The van der Waals surface area contributed by atoms with E-state index >= 15 is 0 Å². The predicted molar refractivity (Wildman–Crippen MR) is 82.2 cm³/mol. The molecule has 1 saturated carbocycles. The van der Waals surface area contributed by atoms with Gasteiger partial charge in [-0.25, -0.2) is 4.79 Å². The molecule has 1 unspecified atom stereocenters. The first kappa shape index (κ1) is 15.3. The van der Waals surface area contributed by atoms with Gasteiger partial charge in [-0.3, -0.25) is 0 Å². The summed E-state index contributed by atoms with van der Waals surface area (Å²) >= 11 is 1.75. The van der Waals surface area contributed by atoms with Crippen LogP contribution in [0.25, 0.3) is 0 Å². The van der Waals surface area contributed by atoms with E-state index in [1.165, 1.54) is 15.3 Å². The summed E-state index contributed by atoms with van der Waals surface area (Å²) in [5, 5.41) is 15.5. The summed E-state index contributed by atoms with van der Waals surface area (Å²) in [5.41, 5.74) is 0.760. The Morgan fingerprint density at radius 3 is 2.60 bits per heavy atom. The smallest absolute Gasteiger partial charge is 0.315 e. The number of amides is 2. The lowest BCUT2D eigenvalue weighted by Crippen LogP contribution is -2.53. The molecule has 0 spiro atoms. The van der Waals surface area contributed by atoms with E-state index in [2.05, 4.69) is 30.5 Å². The number of hydrogen-bond acceptors (Lipinski definition) is 3. The molecule has 1 aliphatic rings. The number of aliphatic hydroxyl groups is 1. The maximum Gasteiger partial charge on any atom is 0.315 e. The van der Waals surface area contributed by atoms with Crippen LogP contribution in [0, 0.1) is 13.8 Å². The second-order valence-electron chi connectivity index (χ2n) is 5.83. The van der Waals surface area contributed by atoms with Crippen LogP contribution in [0.15, 0.2) is 6.07 Å². The minimum absolute atomic E-state index is 0.0166. The highest BCUT2D eigenvalue weighted by molar-refractivity contribution is 7.12. The SMILES string of the molecule is Cc1cc(C(C)NC(=O)NC2(CO)CCCC2)c(C)s1. The topological polar surface area (TPSA) is 61.4 Å². The molecule has 1 aliphatic carbocycles. The van der Waals surface area contributed by atoms with Crippen LogP contribution >= 0.6 is 11.3 Å². The Morgan fingerprint density at radius 1 is 1.45 bits per heavy atom. The van der Waals surface area contributed by atoms with Crippen LogP contribution in [0.1, 0.15) is 54.0 Å². The van der Waals surface area contributed by atoms with E-state index in [9.17, 15) is 9.90 Å². The van der Waals surface area contributed by atoms with Crippen molar-refractivity contribution in [1.29, 1.82) is 0 Å². The van der Waals surface area contributed by atoms with Crippen molar-refractivity contribution in [1.82, 2.24) is 10.6 Å². The lowest BCUT2D eigenvalue weighted by molar-refractivity contribution is 0.162. The fourth-order valence-corrected chi connectivity index (χ4v) is 4.03. The Bertz CT molecular complexity index is 478. The highest BCUT2D eigenvalue weighted by Crippen LogP contribution is 2.29. The van der Waals surface area contributed by atoms with Crippen LogP contribution in [0.3, 0.4) is 0 Å². The van der Waals surface area contributed by atoms with Gasteiger partial charge in [0.1, 0.15) is 0 Å². The first-order chi connectivity index (χ1) is 9.46. The fraction of sp³-hybridized carbons (Fsp3) is 0.667. The van der Waals surface area contributed by atoms with Crippen molar-refractivity contribution in [2.45, 2.75) is 58.0 Å². The third-order valence-corrected chi connectivity index (χ3v) is 5.12. The van der Waals surface area contributed by atoms with E-state index in [4.69, 9.17) is 0 Å². The van der Waals surface area contributed by atoms with Crippen LogP contribution in [-0.2, 0) is 0 Å². The molecule has 1 heterocycles. The van der Waals surface area contributed by atoms with E-state index in [0.29, 0.717) is 0 Å². The minimum Gasteiger partial charge on any atom is -0.394 e. The van der Waals surface area contributed by atoms with Crippen molar-refractivity contribution in [3.63, 3.8) is 0 Å². The first-order valence-corrected chi connectivity index (χ1v) is 8.04. The molecule has 1 atom stereocenters. The van der Waals surface area contributed by atoms with Crippen LogP contribution in [0.4, 0.5) is 4.79 Å². The molecule has 0 bridgehead atoms. The molecule has 0 aromatic carbocycles. The molecule has 1 fully saturated rings. The average molecular weight is 296 g/mol. The number of rotatable bonds is 4. The zero-order valence-corrected chi connectivity index (χ0v) is 13.3. The van der Waals surface area contributed by atoms with Crippen molar-refractivity contribution < 1.29 is 9.90 Å². The average Bonchev–Trinajstić information content (AvgIpc) is 2.96. The van der Waals surface area contributed by atoms with E-state index in [1.807, 2.05) is 6.92 Å². The van der Waals surface area contributed by atoms with E-state index in [0.717, 1.165) is 25.7 Å². The molecule has 112 valence electrons. The van der Waals surface area contributed by atoms with E-state index < -0.39 is 5.54 Å².